The first-order chi connectivity index (χ1) is 12.5. The summed E-state index contributed by atoms with van der Waals surface area (Å²) in [5.74, 6) is -5.07. The molecule has 0 rings (SSSR count). The molecule has 0 aliphatic carbocycles. The highest BCUT2D eigenvalue weighted by Gasteiger charge is 2.29. The highest BCUT2D eigenvalue weighted by atomic mass is 32.1. The molecule has 3 amide bonds. The molecular formula is C15H26N4O7S. The number of rotatable bonds is 12. The third-order valence-corrected chi connectivity index (χ3v) is 3.67. The quantitative estimate of drug-likeness (QED) is 0.180. The maximum absolute atomic E-state index is 12.3. The van der Waals surface area contributed by atoms with Gasteiger partial charge in [0.05, 0.1) is 12.5 Å². The van der Waals surface area contributed by atoms with Gasteiger partial charge < -0.3 is 31.9 Å². The number of carbonyl (C=O) groups excluding carboxylic acids is 3. The van der Waals surface area contributed by atoms with E-state index >= 15 is 0 Å². The second-order valence-electron chi connectivity index (χ2n) is 6.25. The van der Waals surface area contributed by atoms with Gasteiger partial charge in [0.25, 0.3) is 0 Å². The van der Waals surface area contributed by atoms with Gasteiger partial charge in [0, 0.05) is 5.75 Å². The monoisotopic (exact) mass is 406 g/mol. The van der Waals surface area contributed by atoms with E-state index in [0.717, 1.165) is 0 Å². The van der Waals surface area contributed by atoms with E-state index in [4.69, 9.17) is 15.9 Å². The smallest absolute Gasteiger partial charge is 0.322 e. The van der Waals surface area contributed by atoms with Crippen molar-refractivity contribution >= 4 is 42.3 Å². The minimum absolute atomic E-state index is 0.123. The van der Waals surface area contributed by atoms with Crippen LogP contribution in [0.3, 0.4) is 0 Å². The molecule has 0 saturated heterocycles. The predicted molar refractivity (Wildman–Crippen MR) is 98.0 cm³/mol. The van der Waals surface area contributed by atoms with Crippen molar-refractivity contribution in [3.8, 4) is 0 Å². The average molecular weight is 406 g/mol. The van der Waals surface area contributed by atoms with Crippen molar-refractivity contribution in [2.45, 2.75) is 44.8 Å². The van der Waals surface area contributed by atoms with Crippen molar-refractivity contribution < 1.29 is 34.2 Å². The lowest BCUT2D eigenvalue weighted by atomic mass is 10.0. The summed E-state index contributed by atoms with van der Waals surface area (Å²) in [6.07, 6.45) is -0.372. The molecule has 0 saturated carbocycles. The second kappa shape index (κ2) is 12.1. The lowest BCUT2D eigenvalue weighted by Gasteiger charge is -2.22. The normalized spacial score (nSPS) is 14.0. The van der Waals surface area contributed by atoms with Gasteiger partial charge in [0.2, 0.25) is 17.7 Å². The van der Waals surface area contributed by atoms with Gasteiger partial charge in [-0.3, -0.25) is 24.0 Å². The van der Waals surface area contributed by atoms with Gasteiger partial charge in [-0.15, -0.1) is 0 Å². The fourth-order valence-electron chi connectivity index (χ4n) is 2.03. The molecule has 154 valence electrons. The molecule has 0 bridgehead atoms. The number of carbonyl (C=O) groups is 5. The van der Waals surface area contributed by atoms with Crippen molar-refractivity contribution in [3.05, 3.63) is 0 Å². The van der Waals surface area contributed by atoms with Crippen LogP contribution in [0.1, 0.15) is 26.7 Å². The Labute approximate surface area is 161 Å². The number of nitrogens with two attached hydrogens (primary N) is 1. The topological polar surface area (TPSA) is 188 Å². The molecule has 0 fully saturated rings. The van der Waals surface area contributed by atoms with Crippen LogP contribution >= 0.6 is 12.6 Å². The summed E-state index contributed by atoms with van der Waals surface area (Å²) in [6.45, 7) is 3.02. The molecule has 0 heterocycles. The van der Waals surface area contributed by atoms with E-state index < -0.39 is 60.8 Å². The minimum atomic E-state index is -1.52. The van der Waals surface area contributed by atoms with Crippen LogP contribution in [0, 0.1) is 5.92 Å². The molecule has 3 unspecified atom stereocenters. The lowest BCUT2D eigenvalue weighted by molar-refractivity contribution is -0.141. The van der Waals surface area contributed by atoms with E-state index in [1.54, 1.807) is 0 Å². The van der Waals surface area contributed by atoms with Crippen molar-refractivity contribution in [1.29, 1.82) is 0 Å². The third kappa shape index (κ3) is 10.4. The summed E-state index contributed by atoms with van der Waals surface area (Å²) in [6, 6.07) is -3.51. The van der Waals surface area contributed by atoms with Gasteiger partial charge in [-0.05, 0) is 12.3 Å². The zero-order valence-corrected chi connectivity index (χ0v) is 16.0. The van der Waals surface area contributed by atoms with Crippen molar-refractivity contribution in [2.75, 3.05) is 12.3 Å². The van der Waals surface area contributed by atoms with Gasteiger partial charge in [-0.1, -0.05) is 13.8 Å². The van der Waals surface area contributed by atoms with Crippen molar-refractivity contribution in [3.63, 3.8) is 0 Å². The molecule has 27 heavy (non-hydrogen) atoms. The Morgan fingerprint density at radius 1 is 0.926 bits per heavy atom. The lowest BCUT2D eigenvalue weighted by Crippen LogP contribution is -2.57. The van der Waals surface area contributed by atoms with E-state index in [9.17, 15) is 24.0 Å². The van der Waals surface area contributed by atoms with E-state index in [0.29, 0.717) is 6.42 Å². The van der Waals surface area contributed by atoms with Crippen LogP contribution in [-0.2, 0) is 24.0 Å². The molecule has 3 atom stereocenters. The average Bonchev–Trinajstić information content (AvgIpc) is 2.55. The molecule has 0 aliphatic heterocycles. The van der Waals surface area contributed by atoms with Crippen LogP contribution in [0.4, 0.5) is 0 Å². The zero-order chi connectivity index (χ0) is 21.1. The summed E-state index contributed by atoms with van der Waals surface area (Å²) in [5.41, 5.74) is 5.74. The van der Waals surface area contributed by atoms with Crippen LogP contribution < -0.4 is 21.7 Å². The third-order valence-electron chi connectivity index (χ3n) is 3.30. The number of amides is 3. The van der Waals surface area contributed by atoms with Crippen LogP contribution in [0.5, 0.6) is 0 Å². The van der Waals surface area contributed by atoms with Crippen LogP contribution in [0.15, 0.2) is 0 Å². The number of nitrogens with one attached hydrogen (secondary N) is 3. The SMILES string of the molecule is CC(C)CC(N)C(=O)NC(CS)C(=O)NC(CC(=O)O)C(=O)NCC(=O)O. The van der Waals surface area contributed by atoms with E-state index in [2.05, 4.69) is 23.3 Å². The largest absolute Gasteiger partial charge is 0.481 e. The fraction of sp³-hybridized carbons (Fsp3) is 0.667. The summed E-state index contributed by atoms with van der Waals surface area (Å²) in [4.78, 5) is 57.6. The molecule has 11 nitrogen and oxygen atoms in total. The Hall–Kier alpha value is -2.34. The Morgan fingerprint density at radius 2 is 1.48 bits per heavy atom. The summed E-state index contributed by atoms with van der Waals surface area (Å²) in [7, 11) is 0. The van der Waals surface area contributed by atoms with Crippen molar-refractivity contribution in [2.24, 2.45) is 11.7 Å². The first-order valence-corrected chi connectivity index (χ1v) is 8.79. The van der Waals surface area contributed by atoms with Gasteiger partial charge in [0.1, 0.15) is 18.6 Å². The highest BCUT2D eigenvalue weighted by Crippen LogP contribution is 2.03. The Balaban J connectivity index is 4.98. The van der Waals surface area contributed by atoms with Crippen molar-refractivity contribution in [1.82, 2.24) is 16.0 Å². The summed E-state index contributed by atoms with van der Waals surface area (Å²) < 4.78 is 0. The first kappa shape index (κ1) is 24.7. The highest BCUT2D eigenvalue weighted by molar-refractivity contribution is 7.80. The number of thiol groups is 1. The van der Waals surface area contributed by atoms with Gasteiger partial charge >= 0.3 is 11.9 Å². The predicted octanol–water partition coefficient (Wildman–Crippen LogP) is -2.07. The summed E-state index contributed by atoms with van der Waals surface area (Å²) >= 11 is 3.97. The number of hydrogen-bond acceptors (Lipinski definition) is 7. The number of carboxylic acids is 2. The maximum atomic E-state index is 12.3. The molecule has 7 N–H and O–H groups in total. The molecule has 0 aromatic heterocycles. The van der Waals surface area contributed by atoms with Crippen LogP contribution in [-0.4, -0.2) is 70.3 Å². The van der Waals surface area contributed by atoms with Gasteiger partial charge in [-0.25, -0.2) is 0 Å². The second-order valence-corrected chi connectivity index (χ2v) is 6.62. The molecule has 0 aromatic rings. The zero-order valence-electron chi connectivity index (χ0n) is 15.1. The number of aliphatic carboxylic acids is 2. The van der Waals surface area contributed by atoms with Gasteiger partial charge in [0.15, 0.2) is 0 Å². The van der Waals surface area contributed by atoms with Gasteiger partial charge in [-0.2, -0.15) is 12.6 Å². The molecule has 12 heteroatoms. The Bertz CT molecular complexity index is 570. The van der Waals surface area contributed by atoms with Crippen LogP contribution in [0.25, 0.3) is 0 Å². The maximum Gasteiger partial charge on any atom is 0.322 e. The Kier molecular flexibility index (Phi) is 11.1. The van der Waals surface area contributed by atoms with E-state index in [1.807, 2.05) is 19.2 Å². The standard InChI is InChI=1S/C15H26N4O7S/c1-7(2)3-8(16)13(24)19-10(6-27)15(26)18-9(4-11(20)21)14(25)17-5-12(22)23/h7-10,27H,3-6,16H2,1-2H3,(H,17,25)(H,18,26)(H,19,24)(H,20,21)(H,22,23). The number of hydrogen-bond donors (Lipinski definition) is 7. The van der Waals surface area contributed by atoms with E-state index in [-0.39, 0.29) is 11.7 Å². The van der Waals surface area contributed by atoms with E-state index in [1.165, 1.54) is 0 Å². The molecule has 0 radical (unpaired) electrons. The molecular weight excluding hydrogens is 380 g/mol. The number of carboxylic acid groups (broad SMARTS) is 2. The summed E-state index contributed by atoms with van der Waals surface area (Å²) in [5, 5.41) is 24.0. The molecule has 0 aliphatic rings. The molecule has 0 aromatic carbocycles. The Morgan fingerprint density at radius 3 is 1.93 bits per heavy atom. The van der Waals surface area contributed by atoms with Crippen LogP contribution in [0.2, 0.25) is 0 Å². The molecule has 0 spiro atoms. The minimum Gasteiger partial charge on any atom is -0.481 e. The fourth-order valence-corrected chi connectivity index (χ4v) is 2.29. The first-order valence-electron chi connectivity index (χ1n) is 8.16.